The smallest absolute Gasteiger partial charge is 0.341 e. The summed E-state index contributed by atoms with van der Waals surface area (Å²) in [7, 11) is 1.72. The van der Waals surface area contributed by atoms with E-state index in [4.69, 9.17) is 4.74 Å². The third-order valence-electron chi connectivity index (χ3n) is 3.73. The summed E-state index contributed by atoms with van der Waals surface area (Å²) in [5, 5.41) is 6.83. The Bertz CT molecular complexity index is 484. The summed E-state index contributed by atoms with van der Waals surface area (Å²) in [6.45, 7) is 1.91. The molecule has 2 atom stereocenters. The van der Waals surface area contributed by atoms with E-state index in [9.17, 15) is 9.59 Å². The Morgan fingerprint density at radius 2 is 2.20 bits per heavy atom. The highest BCUT2D eigenvalue weighted by Gasteiger charge is 2.23. The molecule has 0 aliphatic heterocycles. The molecule has 1 amide bonds. The summed E-state index contributed by atoms with van der Waals surface area (Å²) in [6, 6.07) is 0.202. The Morgan fingerprint density at radius 1 is 1.45 bits per heavy atom. The molecule has 1 fully saturated rings. The molecule has 6 heteroatoms. The predicted molar refractivity (Wildman–Crippen MR) is 73.1 cm³/mol. The van der Waals surface area contributed by atoms with Crippen LogP contribution >= 0.6 is 0 Å². The van der Waals surface area contributed by atoms with Crippen LogP contribution in [0.4, 0.5) is 0 Å². The zero-order valence-electron chi connectivity index (χ0n) is 12.0. The molecule has 0 radical (unpaired) electrons. The van der Waals surface area contributed by atoms with Gasteiger partial charge >= 0.3 is 5.97 Å². The molecule has 1 N–H and O–H groups in total. The molecular weight excluding hydrogens is 258 g/mol. The van der Waals surface area contributed by atoms with Crippen LogP contribution in [-0.2, 0) is 16.6 Å². The summed E-state index contributed by atoms with van der Waals surface area (Å²) in [5.41, 5.74) is 0.353. The maximum Gasteiger partial charge on any atom is 0.341 e. The van der Waals surface area contributed by atoms with Gasteiger partial charge in [0.2, 0.25) is 0 Å². The molecule has 1 aliphatic rings. The van der Waals surface area contributed by atoms with Gasteiger partial charge in [0, 0.05) is 19.3 Å². The summed E-state index contributed by atoms with van der Waals surface area (Å²) in [6.07, 6.45) is 7.49. The molecule has 6 nitrogen and oxygen atoms in total. The largest absolute Gasteiger partial charge is 0.452 e. The van der Waals surface area contributed by atoms with E-state index in [2.05, 4.69) is 17.3 Å². The average molecular weight is 279 g/mol. The highest BCUT2D eigenvalue weighted by molar-refractivity contribution is 5.90. The molecule has 1 aromatic heterocycles. The SMILES string of the molecule is C[C@@H]1CCCC[C@@H]1NC(=O)COC(=O)c1cnn(C)c1. The van der Waals surface area contributed by atoms with E-state index in [1.807, 2.05) is 0 Å². The number of rotatable bonds is 4. The van der Waals surface area contributed by atoms with E-state index in [1.165, 1.54) is 17.3 Å². The third kappa shape index (κ3) is 3.82. The van der Waals surface area contributed by atoms with Gasteiger partial charge in [-0.1, -0.05) is 19.8 Å². The van der Waals surface area contributed by atoms with Crippen molar-refractivity contribution in [3.63, 3.8) is 0 Å². The van der Waals surface area contributed by atoms with E-state index in [0.717, 1.165) is 19.3 Å². The number of amides is 1. The van der Waals surface area contributed by atoms with E-state index < -0.39 is 5.97 Å². The fourth-order valence-corrected chi connectivity index (χ4v) is 2.52. The van der Waals surface area contributed by atoms with Crippen LogP contribution in [-0.4, -0.2) is 34.3 Å². The number of hydrogen-bond donors (Lipinski definition) is 1. The molecule has 2 rings (SSSR count). The number of carbonyl (C=O) groups is 2. The van der Waals surface area contributed by atoms with Gasteiger partial charge in [0.05, 0.1) is 11.8 Å². The van der Waals surface area contributed by atoms with Crippen molar-refractivity contribution in [1.82, 2.24) is 15.1 Å². The fourth-order valence-electron chi connectivity index (χ4n) is 2.52. The molecule has 1 aromatic rings. The van der Waals surface area contributed by atoms with Gasteiger partial charge in [-0.05, 0) is 18.8 Å². The molecule has 0 bridgehead atoms. The highest BCUT2D eigenvalue weighted by atomic mass is 16.5. The van der Waals surface area contributed by atoms with Crippen LogP contribution in [0.5, 0.6) is 0 Å². The highest BCUT2D eigenvalue weighted by Crippen LogP contribution is 2.23. The monoisotopic (exact) mass is 279 g/mol. The second-order valence-corrected chi connectivity index (χ2v) is 5.41. The first-order valence-corrected chi connectivity index (χ1v) is 7.01. The minimum Gasteiger partial charge on any atom is -0.452 e. The van der Waals surface area contributed by atoms with Gasteiger partial charge in [-0.15, -0.1) is 0 Å². The molecule has 1 aliphatic carbocycles. The van der Waals surface area contributed by atoms with Gasteiger partial charge in [0.25, 0.3) is 5.91 Å². The first kappa shape index (κ1) is 14.6. The lowest BCUT2D eigenvalue weighted by Crippen LogP contribution is -2.42. The van der Waals surface area contributed by atoms with Crippen molar-refractivity contribution >= 4 is 11.9 Å². The Morgan fingerprint density at radius 3 is 2.85 bits per heavy atom. The van der Waals surface area contributed by atoms with Gasteiger partial charge in [0.15, 0.2) is 6.61 Å². The lowest BCUT2D eigenvalue weighted by atomic mass is 9.86. The van der Waals surface area contributed by atoms with Crippen LogP contribution in [0.2, 0.25) is 0 Å². The first-order valence-electron chi connectivity index (χ1n) is 7.01. The molecule has 20 heavy (non-hydrogen) atoms. The second-order valence-electron chi connectivity index (χ2n) is 5.41. The molecule has 1 heterocycles. The second kappa shape index (κ2) is 6.54. The van der Waals surface area contributed by atoms with Gasteiger partial charge in [-0.2, -0.15) is 5.10 Å². The lowest BCUT2D eigenvalue weighted by molar-refractivity contribution is -0.125. The Kier molecular flexibility index (Phi) is 4.76. The van der Waals surface area contributed by atoms with Crippen molar-refractivity contribution < 1.29 is 14.3 Å². The quantitative estimate of drug-likeness (QED) is 0.842. The van der Waals surface area contributed by atoms with Crippen molar-refractivity contribution in [3.8, 4) is 0 Å². The molecule has 0 aromatic carbocycles. The molecule has 1 saturated carbocycles. The number of nitrogens with one attached hydrogen (secondary N) is 1. The van der Waals surface area contributed by atoms with E-state index in [0.29, 0.717) is 11.5 Å². The summed E-state index contributed by atoms with van der Waals surface area (Å²) >= 11 is 0. The Balaban J connectivity index is 1.76. The summed E-state index contributed by atoms with van der Waals surface area (Å²) in [5.74, 6) is -0.271. The molecule has 0 unspecified atom stereocenters. The van der Waals surface area contributed by atoms with E-state index in [-0.39, 0.29) is 18.6 Å². The normalized spacial score (nSPS) is 22.3. The van der Waals surface area contributed by atoms with Crippen molar-refractivity contribution in [1.29, 1.82) is 0 Å². The minimum absolute atomic E-state index is 0.202. The van der Waals surface area contributed by atoms with Crippen LogP contribution in [0.3, 0.4) is 0 Å². The van der Waals surface area contributed by atoms with Gasteiger partial charge in [-0.25, -0.2) is 4.79 Å². The number of aryl methyl sites for hydroxylation is 1. The molecule has 0 spiro atoms. The van der Waals surface area contributed by atoms with E-state index >= 15 is 0 Å². The zero-order valence-corrected chi connectivity index (χ0v) is 12.0. The topological polar surface area (TPSA) is 73.2 Å². The first-order chi connectivity index (χ1) is 9.56. The van der Waals surface area contributed by atoms with Crippen LogP contribution in [0.1, 0.15) is 43.0 Å². The van der Waals surface area contributed by atoms with Gasteiger partial charge in [-0.3, -0.25) is 9.48 Å². The number of carbonyl (C=O) groups excluding carboxylic acids is 2. The average Bonchev–Trinajstić information content (AvgIpc) is 2.85. The van der Waals surface area contributed by atoms with Gasteiger partial charge < -0.3 is 10.1 Å². The lowest BCUT2D eigenvalue weighted by Gasteiger charge is -2.29. The number of hydrogen-bond acceptors (Lipinski definition) is 4. The zero-order chi connectivity index (χ0) is 14.5. The minimum atomic E-state index is -0.523. The van der Waals surface area contributed by atoms with Crippen molar-refractivity contribution in [2.75, 3.05) is 6.61 Å². The van der Waals surface area contributed by atoms with E-state index in [1.54, 1.807) is 13.2 Å². The number of ether oxygens (including phenoxy) is 1. The number of aromatic nitrogens is 2. The summed E-state index contributed by atoms with van der Waals surface area (Å²) in [4.78, 5) is 23.5. The van der Waals surface area contributed by atoms with Crippen molar-refractivity contribution in [3.05, 3.63) is 18.0 Å². The van der Waals surface area contributed by atoms with Gasteiger partial charge in [0.1, 0.15) is 0 Å². The van der Waals surface area contributed by atoms with Crippen LogP contribution in [0.25, 0.3) is 0 Å². The van der Waals surface area contributed by atoms with Crippen molar-refractivity contribution in [2.24, 2.45) is 13.0 Å². The number of esters is 1. The Hall–Kier alpha value is -1.85. The Labute approximate surface area is 118 Å². The number of nitrogens with zero attached hydrogens (tertiary/aromatic N) is 2. The molecule has 110 valence electrons. The summed E-state index contributed by atoms with van der Waals surface area (Å²) < 4.78 is 6.49. The van der Waals surface area contributed by atoms with Crippen LogP contribution < -0.4 is 5.32 Å². The standard InChI is InChI=1S/C14H21N3O3/c1-10-5-3-4-6-12(10)16-13(18)9-20-14(19)11-7-15-17(2)8-11/h7-8,10,12H,3-6,9H2,1-2H3,(H,16,18)/t10-,12+/m1/s1. The maximum atomic E-state index is 11.8. The third-order valence-corrected chi connectivity index (χ3v) is 3.73. The van der Waals surface area contributed by atoms with Crippen molar-refractivity contribution in [2.45, 2.75) is 38.6 Å². The predicted octanol–water partition coefficient (Wildman–Crippen LogP) is 1.27. The fraction of sp³-hybridized carbons (Fsp3) is 0.643. The molecular formula is C14H21N3O3. The van der Waals surface area contributed by atoms with Crippen LogP contribution in [0, 0.1) is 5.92 Å². The van der Waals surface area contributed by atoms with Crippen LogP contribution in [0.15, 0.2) is 12.4 Å². The maximum absolute atomic E-state index is 11.8. The molecule has 0 saturated heterocycles.